The quantitative estimate of drug-likeness (QED) is 0.332. The molecule has 0 fully saturated rings. The number of benzene rings is 3. The molecule has 1 aliphatic rings. The first-order valence-electron chi connectivity index (χ1n) is 12.7. The first-order chi connectivity index (χ1) is 18.9. The molecule has 0 unspecified atom stereocenters. The minimum atomic E-state index is -0.425. The SMILES string of the molecule is CCC(=O)N1CCc2ccc(OCc3nc(C(=O)NCc4ccc(F)cc4)co3)cc2[C@@H]1c1ccc(F)cc1. The Morgan fingerprint density at radius 3 is 2.49 bits per heavy atom. The van der Waals surface area contributed by atoms with Gasteiger partial charge in [0, 0.05) is 19.5 Å². The highest BCUT2D eigenvalue weighted by Gasteiger charge is 2.31. The van der Waals surface area contributed by atoms with Gasteiger partial charge in [-0.1, -0.05) is 37.3 Å². The third-order valence-corrected chi connectivity index (χ3v) is 6.67. The van der Waals surface area contributed by atoms with Crippen LogP contribution in [0.25, 0.3) is 0 Å². The summed E-state index contributed by atoms with van der Waals surface area (Å²) in [5, 5.41) is 2.72. The summed E-state index contributed by atoms with van der Waals surface area (Å²) in [6.45, 7) is 2.61. The van der Waals surface area contributed by atoms with Crippen LogP contribution in [-0.4, -0.2) is 28.2 Å². The molecule has 0 saturated heterocycles. The molecular formula is C30H27F2N3O4. The van der Waals surface area contributed by atoms with Gasteiger partial charge in [-0.05, 0) is 65.1 Å². The van der Waals surface area contributed by atoms with E-state index in [2.05, 4.69) is 10.3 Å². The van der Waals surface area contributed by atoms with Crippen molar-refractivity contribution in [1.29, 1.82) is 0 Å². The van der Waals surface area contributed by atoms with E-state index in [1.54, 1.807) is 24.3 Å². The summed E-state index contributed by atoms with van der Waals surface area (Å²) < 4.78 is 38.0. The van der Waals surface area contributed by atoms with Crippen molar-refractivity contribution < 1.29 is 27.5 Å². The van der Waals surface area contributed by atoms with E-state index in [4.69, 9.17) is 9.15 Å². The summed E-state index contributed by atoms with van der Waals surface area (Å²) in [5.41, 5.74) is 3.68. The van der Waals surface area contributed by atoms with Crippen LogP contribution in [0.3, 0.4) is 0 Å². The highest BCUT2D eigenvalue weighted by molar-refractivity contribution is 5.91. The summed E-state index contributed by atoms with van der Waals surface area (Å²) in [4.78, 5) is 31.2. The average molecular weight is 532 g/mol. The molecule has 4 aromatic rings. The number of carbonyl (C=O) groups excluding carboxylic acids is 2. The van der Waals surface area contributed by atoms with E-state index >= 15 is 0 Å². The van der Waals surface area contributed by atoms with Gasteiger partial charge in [0.25, 0.3) is 5.91 Å². The van der Waals surface area contributed by atoms with Gasteiger partial charge in [-0.3, -0.25) is 9.59 Å². The summed E-state index contributed by atoms with van der Waals surface area (Å²) in [6, 6.07) is 17.4. The first-order valence-corrected chi connectivity index (χ1v) is 12.7. The smallest absolute Gasteiger partial charge is 0.273 e. The number of hydrogen-bond donors (Lipinski definition) is 1. The molecule has 0 aliphatic carbocycles. The number of fused-ring (bicyclic) bond motifs is 1. The zero-order chi connectivity index (χ0) is 27.4. The van der Waals surface area contributed by atoms with Crippen LogP contribution in [0.15, 0.2) is 77.4 Å². The molecule has 39 heavy (non-hydrogen) atoms. The predicted molar refractivity (Wildman–Crippen MR) is 139 cm³/mol. The Hall–Kier alpha value is -4.53. The monoisotopic (exact) mass is 531 g/mol. The molecular weight excluding hydrogens is 504 g/mol. The number of nitrogens with one attached hydrogen (secondary N) is 1. The zero-order valence-corrected chi connectivity index (χ0v) is 21.3. The molecule has 0 saturated carbocycles. The topological polar surface area (TPSA) is 84.7 Å². The number of amides is 2. The minimum absolute atomic E-state index is 0.0111. The highest BCUT2D eigenvalue weighted by Crippen LogP contribution is 2.37. The fourth-order valence-electron chi connectivity index (χ4n) is 4.66. The molecule has 2 heterocycles. The van der Waals surface area contributed by atoms with Crippen molar-refractivity contribution in [2.24, 2.45) is 0 Å². The molecule has 1 aromatic heterocycles. The van der Waals surface area contributed by atoms with Crippen molar-refractivity contribution in [3.05, 3.63) is 118 Å². The Morgan fingerprint density at radius 2 is 1.77 bits per heavy atom. The molecule has 1 N–H and O–H groups in total. The highest BCUT2D eigenvalue weighted by atomic mass is 19.1. The molecule has 9 heteroatoms. The van der Waals surface area contributed by atoms with E-state index in [9.17, 15) is 18.4 Å². The zero-order valence-electron chi connectivity index (χ0n) is 21.3. The van der Waals surface area contributed by atoms with E-state index in [1.165, 1.54) is 30.5 Å². The summed E-state index contributed by atoms with van der Waals surface area (Å²) in [6.07, 6.45) is 2.33. The van der Waals surface area contributed by atoms with Crippen molar-refractivity contribution in [2.75, 3.05) is 6.54 Å². The maximum Gasteiger partial charge on any atom is 0.273 e. The second-order valence-corrected chi connectivity index (χ2v) is 9.23. The average Bonchev–Trinajstić information content (AvgIpc) is 3.44. The van der Waals surface area contributed by atoms with Gasteiger partial charge in [0.05, 0.1) is 6.04 Å². The number of halogens is 2. The van der Waals surface area contributed by atoms with Gasteiger partial charge in [0.1, 0.15) is 23.6 Å². The van der Waals surface area contributed by atoms with Crippen molar-refractivity contribution in [3.63, 3.8) is 0 Å². The largest absolute Gasteiger partial charge is 0.484 e. The van der Waals surface area contributed by atoms with Crippen molar-refractivity contribution in [2.45, 2.75) is 39.0 Å². The van der Waals surface area contributed by atoms with Crippen LogP contribution in [0, 0.1) is 11.6 Å². The Bertz CT molecular complexity index is 1470. The van der Waals surface area contributed by atoms with Gasteiger partial charge in [-0.25, -0.2) is 13.8 Å². The Balaban J connectivity index is 1.28. The van der Waals surface area contributed by atoms with Crippen LogP contribution in [0.2, 0.25) is 0 Å². The van der Waals surface area contributed by atoms with Gasteiger partial charge >= 0.3 is 0 Å². The normalized spacial score (nSPS) is 14.5. The lowest BCUT2D eigenvalue weighted by Gasteiger charge is -2.38. The number of oxazole rings is 1. The lowest BCUT2D eigenvalue weighted by atomic mass is 9.87. The summed E-state index contributed by atoms with van der Waals surface area (Å²) in [7, 11) is 0. The standard InChI is InChI=1S/C30H27F2N3O4/c1-2-28(36)35-14-13-20-7-12-24(15-25(20)29(35)21-5-10-23(32)11-6-21)38-18-27-34-26(17-39-27)30(37)33-16-19-3-8-22(31)9-4-19/h3-12,15,17,29H,2,13-14,16,18H2,1H3,(H,33,37)/t29-/m0/s1. The Morgan fingerprint density at radius 1 is 1.05 bits per heavy atom. The fraction of sp³-hybridized carbons (Fsp3) is 0.233. The third kappa shape index (κ3) is 5.98. The Kier molecular flexibility index (Phi) is 7.67. The van der Waals surface area contributed by atoms with Crippen LogP contribution in [-0.2, 0) is 24.4 Å². The van der Waals surface area contributed by atoms with Crippen molar-refractivity contribution in [3.8, 4) is 5.75 Å². The van der Waals surface area contributed by atoms with Crippen molar-refractivity contribution in [1.82, 2.24) is 15.2 Å². The second kappa shape index (κ2) is 11.5. The number of rotatable bonds is 8. The maximum atomic E-state index is 13.6. The van der Waals surface area contributed by atoms with Gasteiger partial charge in [0.15, 0.2) is 12.3 Å². The molecule has 0 radical (unpaired) electrons. The summed E-state index contributed by atoms with van der Waals surface area (Å²) >= 11 is 0. The predicted octanol–water partition coefficient (Wildman–Crippen LogP) is 5.35. The van der Waals surface area contributed by atoms with Crippen LogP contribution in [0.5, 0.6) is 5.75 Å². The second-order valence-electron chi connectivity index (χ2n) is 9.23. The van der Waals surface area contributed by atoms with Gasteiger partial charge in [-0.2, -0.15) is 0 Å². The number of aromatic nitrogens is 1. The van der Waals surface area contributed by atoms with Gasteiger partial charge in [-0.15, -0.1) is 0 Å². The molecule has 0 spiro atoms. The molecule has 0 bridgehead atoms. The molecule has 1 atom stereocenters. The number of ether oxygens (including phenoxy) is 1. The molecule has 2 amide bonds. The van der Waals surface area contributed by atoms with E-state index in [0.717, 1.165) is 22.3 Å². The van der Waals surface area contributed by atoms with Gasteiger partial charge < -0.3 is 19.4 Å². The van der Waals surface area contributed by atoms with Crippen LogP contribution in [0.4, 0.5) is 8.78 Å². The molecule has 5 rings (SSSR count). The van der Waals surface area contributed by atoms with E-state index in [1.807, 2.05) is 30.0 Å². The maximum absolute atomic E-state index is 13.6. The number of nitrogens with zero attached hydrogens (tertiary/aromatic N) is 2. The molecule has 7 nitrogen and oxygen atoms in total. The van der Waals surface area contributed by atoms with Crippen molar-refractivity contribution >= 4 is 11.8 Å². The molecule has 200 valence electrons. The van der Waals surface area contributed by atoms with Crippen LogP contribution < -0.4 is 10.1 Å². The number of carbonyl (C=O) groups is 2. The first kappa shape index (κ1) is 26.1. The van der Waals surface area contributed by atoms with Crippen LogP contribution >= 0.6 is 0 Å². The van der Waals surface area contributed by atoms with Gasteiger partial charge in [0.2, 0.25) is 11.8 Å². The lowest BCUT2D eigenvalue weighted by molar-refractivity contribution is -0.132. The molecule has 1 aliphatic heterocycles. The number of hydrogen-bond acceptors (Lipinski definition) is 5. The van der Waals surface area contributed by atoms with Crippen LogP contribution in [0.1, 0.15) is 58.0 Å². The summed E-state index contributed by atoms with van der Waals surface area (Å²) in [5.74, 6) is -0.320. The Labute approximate surface area is 224 Å². The minimum Gasteiger partial charge on any atom is -0.484 e. The lowest BCUT2D eigenvalue weighted by Crippen LogP contribution is -2.40. The molecule has 3 aromatic carbocycles. The van der Waals surface area contributed by atoms with E-state index in [0.29, 0.717) is 25.1 Å². The van der Waals surface area contributed by atoms with E-state index in [-0.39, 0.29) is 48.3 Å². The third-order valence-electron chi connectivity index (χ3n) is 6.67. The van der Waals surface area contributed by atoms with E-state index < -0.39 is 5.91 Å². The fourth-order valence-corrected chi connectivity index (χ4v) is 4.66.